The first-order valence-corrected chi connectivity index (χ1v) is 11.5. The van der Waals surface area contributed by atoms with Gasteiger partial charge in [-0.3, -0.25) is 4.68 Å². The second-order valence-corrected chi connectivity index (χ2v) is 10.8. The molecule has 4 rings (SSSR count). The average Bonchev–Trinajstić information content (AvgIpc) is 3.23. The molecule has 1 saturated heterocycles. The number of sulfonamides is 1. The van der Waals surface area contributed by atoms with E-state index in [-0.39, 0.29) is 30.5 Å². The highest BCUT2D eigenvalue weighted by Gasteiger charge is 2.49. The molecular weight excluding hydrogens is 443 g/mol. The molecule has 8 nitrogen and oxygen atoms in total. The van der Waals surface area contributed by atoms with Gasteiger partial charge in [0.1, 0.15) is 5.54 Å². The topological polar surface area (TPSA) is 105 Å². The molecule has 0 aliphatic carbocycles. The summed E-state index contributed by atoms with van der Waals surface area (Å²) in [6.45, 7) is 2.02. The van der Waals surface area contributed by atoms with Crippen LogP contribution in [0.5, 0.6) is 0 Å². The molecule has 0 amide bonds. The van der Waals surface area contributed by atoms with E-state index >= 15 is 0 Å². The van der Waals surface area contributed by atoms with Crippen LogP contribution in [0.2, 0.25) is 9.62 Å². The van der Waals surface area contributed by atoms with Crippen molar-refractivity contribution in [1.29, 1.82) is 5.26 Å². The smallest absolute Gasteiger partial charge is 0.223 e. The molecule has 1 aliphatic heterocycles. The second kappa shape index (κ2) is 6.93. The molecule has 146 valence electrons. The molecule has 0 radical (unpaired) electrons. The Hall–Kier alpha value is -1.77. The van der Waals surface area contributed by atoms with Gasteiger partial charge in [0.15, 0.2) is 0 Å². The third-order valence-electron chi connectivity index (χ3n) is 4.76. The molecule has 4 heterocycles. The van der Waals surface area contributed by atoms with E-state index in [0.29, 0.717) is 21.1 Å². The number of halogens is 2. The van der Waals surface area contributed by atoms with E-state index in [2.05, 4.69) is 21.1 Å². The van der Waals surface area contributed by atoms with Crippen molar-refractivity contribution in [3.05, 3.63) is 28.1 Å². The van der Waals surface area contributed by atoms with Crippen LogP contribution in [0, 0.1) is 11.3 Å². The van der Waals surface area contributed by atoms with Crippen molar-refractivity contribution in [2.24, 2.45) is 0 Å². The number of rotatable bonds is 5. The Morgan fingerprint density at radius 2 is 2.11 bits per heavy atom. The van der Waals surface area contributed by atoms with Crippen molar-refractivity contribution in [2.75, 3.05) is 18.8 Å². The Bertz CT molecular complexity index is 1210. The van der Waals surface area contributed by atoms with Crippen molar-refractivity contribution in [1.82, 2.24) is 24.1 Å². The summed E-state index contributed by atoms with van der Waals surface area (Å²) >= 11 is 13.5. The minimum Gasteiger partial charge on any atom is -0.262 e. The van der Waals surface area contributed by atoms with Gasteiger partial charge in [-0.05, 0) is 24.6 Å². The highest BCUT2D eigenvalue weighted by atomic mass is 35.5. The maximum atomic E-state index is 12.1. The molecule has 0 saturated carbocycles. The van der Waals surface area contributed by atoms with Gasteiger partial charge >= 0.3 is 0 Å². The minimum atomic E-state index is -3.30. The highest BCUT2D eigenvalue weighted by molar-refractivity contribution is 7.89. The molecule has 0 bridgehead atoms. The van der Waals surface area contributed by atoms with Gasteiger partial charge in [0, 0.05) is 24.8 Å². The second-order valence-electron chi connectivity index (χ2n) is 6.51. The molecule has 3 aromatic heterocycles. The molecule has 0 N–H and O–H groups in total. The first-order chi connectivity index (χ1) is 13.3. The van der Waals surface area contributed by atoms with Crippen molar-refractivity contribution in [3.63, 3.8) is 0 Å². The first-order valence-electron chi connectivity index (χ1n) is 8.31. The summed E-state index contributed by atoms with van der Waals surface area (Å²) in [5.41, 5.74) is 1.25. The predicted molar refractivity (Wildman–Crippen MR) is 108 cm³/mol. The molecule has 0 atom stereocenters. The van der Waals surface area contributed by atoms with Gasteiger partial charge in [0.2, 0.25) is 15.3 Å². The van der Waals surface area contributed by atoms with E-state index in [1.165, 1.54) is 15.6 Å². The third-order valence-corrected chi connectivity index (χ3v) is 7.97. The summed E-state index contributed by atoms with van der Waals surface area (Å²) in [4.78, 5) is 8.50. The van der Waals surface area contributed by atoms with Gasteiger partial charge in [0.25, 0.3) is 0 Å². The SMILES string of the molecule is CCS(=O)(=O)N1CC(CC#N)(n2cc(-c3nc(Cl)nc4cc(Cl)sc34)cn2)C1. The van der Waals surface area contributed by atoms with Crippen LogP contribution in [0.15, 0.2) is 18.5 Å². The summed E-state index contributed by atoms with van der Waals surface area (Å²) < 4.78 is 28.6. The highest BCUT2D eigenvalue weighted by Crippen LogP contribution is 2.38. The Morgan fingerprint density at radius 3 is 2.79 bits per heavy atom. The zero-order valence-electron chi connectivity index (χ0n) is 14.6. The zero-order valence-corrected chi connectivity index (χ0v) is 17.8. The fraction of sp³-hybridized carbons (Fsp3) is 0.375. The van der Waals surface area contributed by atoms with Crippen LogP contribution in [0.25, 0.3) is 21.5 Å². The number of fused-ring (bicyclic) bond motifs is 1. The maximum Gasteiger partial charge on any atom is 0.223 e. The lowest BCUT2D eigenvalue weighted by Crippen LogP contribution is -2.64. The molecule has 12 heteroatoms. The molecule has 0 unspecified atom stereocenters. The third kappa shape index (κ3) is 3.17. The van der Waals surface area contributed by atoms with Crippen LogP contribution in [0.3, 0.4) is 0 Å². The first kappa shape index (κ1) is 19.5. The minimum absolute atomic E-state index is 0.0243. The zero-order chi connectivity index (χ0) is 20.1. The summed E-state index contributed by atoms with van der Waals surface area (Å²) in [5.74, 6) is 0.0243. The largest absolute Gasteiger partial charge is 0.262 e. The Labute approximate surface area is 175 Å². The van der Waals surface area contributed by atoms with E-state index in [9.17, 15) is 13.7 Å². The number of nitriles is 1. The van der Waals surface area contributed by atoms with E-state index in [1.54, 1.807) is 30.1 Å². The number of hydrogen-bond donors (Lipinski definition) is 0. The van der Waals surface area contributed by atoms with Gasteiger partial charge in [-0.1, -0.05) is 11.6 Å². The quantitative estimate of drug-likeness (QED) is 0.545. The molecule has 28 heavy (non-hydrogen) atoms. The lowest BCUT2D eigenvalue weighted by atomic mass is 9.89. The molecule has 0 aromatic carbocycles. The molecule has 0 spiro atoms. The van der Waals surface area contributed by atoms with E-state index in [1.807, 2.05) is 0 Å². The van der Waals surface area contributed by atoms with Crippen LogP contribution in [-0.2, 0) is 15.6 Å². The van der Waals surface area contributed by atoms with Gasteiger partial charge in [0.05, 0.1) is 44.7 Å². The van der Waals surface area contributed by atoms with Gasteiger partial charge in [-0.15, -0.1) is 11.3 Å². The van der Waals surface area contributed by atoms with E-state index in [0.717, 1.165) is 4.70 Å². The van der Waals surface area contributed by atoms with Crippen molar-refractivity contribution in [2.45, 2.75) is 18.9 Å². The number of aromatic nitrogens is 4. The Balaban J connectivity index is 1.72. The average molecular weight is 457 g/mol. The fourth-order valence-corrected chi connectivity index (χ4v) is 5.83. The van der Waals surface area contributed by atoms with Crippen molar-refractivity contribution in [3.8, 4) is 17.3 Å². The van der Waals surface area contributed by atoms with Gasteiger partial charge < -0.3 is 0 Å². The Morgan fingerprint density at radius 1 is 1.36 bits per heavy atom. The summed E-state index contributed by atoms with van der Waals surface area (Å²) in [7, 11) is -3.30. The number of nitrogens with zero attached hydrogens (tertiary/aromatic N) is 6. The molecular formula is C16H14Cl2N6O2S2. The predicted octanol–water partition coefficient (Wildman–Crippen LogP) is 3.14. The lowest BCUT2D eigenvalue weighted by molar-refractivity contribution is 0.0719. The molecule has 3 aromatic rings. The van der Waals surface area contributed by atoms with Crippen LogP contribution in [-0.4, -0.2) is 51.3 Å². The van der Waals surface area contributed by atoms with Crippen LogP contribution < -0.4 is 0 Å². The summed E-state index contributed by atoms with van der Waals surface area (Å²) in [5, 5.41) is 13.8. The van der Waals surface area contributed by atoms with Crippen molar-refractivity contribution >= 4 is 54.8 Å². The van der Waals surface area contributed by atoms with Gasteiger partial charge in [-0.25, -0.2) is 18.4 Å². The monoisotopic (exact) mass is 456 g/mol. The van der Waals surface area contributed by atoms with E-state index < -0.39 is 15.6 Å². The van der Waals surface area contributed by atoms with Crippen LogP contribution in [0.1, 0.15) is 13.3 Å². The van der Waals surface area contributed by atoms with Crippen LogP contribution >= 0.6 is 34.5 Å². The summed E-state index contributed by atoms with van der Waals surface area (Å²) in [6.07, 6.45) is 3.54. The number of thiophene rings is 1. The van der Waals surface area contributed by atoms with E-state index in [4.69, 9.17) is 23.2 Å². The maximum absolute atomic E-state index is 12.1. The standard InChI is InChI=1S/C16H14Cl2N6O2S2/c1-2-28(25,26)23-8-16(9-23,3-4-19)24-7-10(6-20-24)13-14-11(5-12(17)27-14)21-15(18)22-13/h5-7H,2-3,8-9H2,1H3. The van der Waals surface area contributed by atoms with Crippen LogP contribution in [0.4, 0.5) is 0 Å². The molecule has 1 aliphatic rings. The number of hydrogen-bond acceptors (Lipinski definition) is 7. The summed E-state index contributed by atoms with van der Waals surface area (Å²) in [6, 6.07) is 3.87. The van der Waals surface area contributed by atoms with Crippen molar-refractivity contribution < 1.29 is 8.42 Å². The lowest BCUT2D eigenvalue weighted by Gasteiger charge is -2.47. The normalized spacial score (nSPS) is 16.8. The Kier molecular flexibility index (Phi) is 4.84. The molecule has 1 fully saturated rings. The van der Waals surface area contributed by atoms with Gasteiger partial charge in [-0.2, -0.15) is 14.7 Å². The fourth-order valence-electron chi connectivity index (χ4n) is 3.25.